The number of anilines is 1. The van der Waals surface area contributed by atoms with Crippen LogP contribution in [0.4, 0.5) is 5.69 Å². The van der Waals surface area contributed by atoms with Crippen LogP contribution in [0.2, 0.25) is 0 Å². The number of nitrogens with one attached hydrogen (secondary N) is 1. The van der Waals surface area contributed by atoms with Crippen molar-refractivity contribution in [3.8, 4) is 5.75 Å². The normalized spacial score (nSPS) is 24.0. The fourth-order valence-corrected chi connectivity index (χ4v) is 3.54. The molecule has 2 rings (SSSR count). The first-order chi connectivity index (χ1) is 11.4. The number of rotatable bonds is 6. The number of hydrogen-bond donors (Lipinski definition) is 1. The second-order valence-corrected chi connectivity index (χ2v) is 7.23. The fourth-order valence-electron chi connectivity index (χ4n) is 3.54. The predicted octanol–water partition coefficient (Wildman–Crippen LogP) is 4.71. The molecule has 0 radical (unpaired) electrons. The Kier molecular flexibility index (Phi) is 6.27. The lowest BCUT2D eigenvalue weighted by Crippen LogP contribution is -2.48. The second kappa shape index (κ2) is 8.02. The Labute approximate surface area is 145 Å². The van der Waals surface area contributed by atoms with E-state index in [-0.39, 0.29) is 12.0 Å². The monoisotopic (exact) mass is 333 g/mol. The molecule has 2 atom stereocenters. The predicted molar refractivity (Wildman–Crippen MR) is 97.6 cm³/mol. The molecule has 1 N–H and O–H groups in total. The minimum Gasteiger partial charge on any atom is -0.491 e. The summed E-state index contributed by atoms with van der Waals surface area (Å²) in [6.07, 6.45) is 3.93. The van der Waals surface area contributed by atoms with E-state index in [1.807, 2.05) is 45.9 Å². The van der Waals surface area contributed by atoms with Gasteiger partial charge in [0.25, 0.3) is 5.91 Å². The van der Waals surface area contributed by atoms with Crippen molar-refractivity contribution in [3.05, 3.63) is 23.8 Å². The smallest absolute Gasteiger partial charge is 0.256 e. The highest BCUT2D eigenvalue weighted by Crippen LogP contribution is 2.36. The maximum atomic E-state index is 12.9. The Hall–Kier alpha value is -1.55. The first-order valence-electron chi connectivity index (χ1n) is 9.09. The molecule has 134 valence electrons. The van der Waals surface area contributed by atoms with Crippen molar-refractivity contribution in [3.63, 3.8) is 0 Å². The highest BCUT2D eigenvalue weighted by molar-refractivity contribution is 5.97. The van der Waals surface area contributed by atoms with Crippen LogP contribution in [0.25, 0.3) is 0 Å². The molecule has 0 saturated heterocycles. The van der Waals surface area contributed by atoms with Gasteiger partial charge in [-0.15, -0.1) is 0 Å². The standard InChI is InChI=1S/C20H31NO3/c1-6-23-20(11-7-8-15(4)13-20)19(22)21-17-9-10-18(16(5)12-17)24-14(2)3/h9-10,12,14-15H,6-8,11,13H2,1-5H3,(H,21,22)/t15-,20-/m0/s1. The Bertz CT molecular complexity index is 566. The van der Waals surface area contributed by atoms with Crippen molar-refractivity contribution < 1.29 is 14.3 Å². The van der Waals surface area contributed by atoms with Gasteiger partial charge in [-0.25, -0.2) is 0 Å². The van der Waals surface area contributed by atoms with E-state index >= 15 is 0 Å². The molecule has 4 heteroatoms. The fraction of sp³-hybridized carbons (Fsp3) is 0.650. The molecule has 0 aliphatic heterocycles. The van der Waals surface area contributed by atoms with Gasteiger partial charge in [0.15, 0.2) is 0 Å². The van der Waals surface area contributed by atoms with Gasteiger partial charge in [-0.05, 0) is 76.6 Å². The zero-order chi connectivity index (χ0) is 17.7. The molecule has 1 aromatic rings. The van der Waals surface area contributed by atoms with Crippen LogP contribution in [0.5, 0.6) is 5.75 Å². The minimum atomic E-state index is -0.687. The molecular formula is C20H31NO3. The van der Waals surface area contributed by atoms with E-state index < -0.39 is 5.60 Å². The van der Waals surface area contributed by atoms with Gasteiger partial charge in [0.1, 0.15) is 11.4 Å². The Morgan fingerprint density at radius 2 is 2.17 bits per heavy atom. The zero-order valence-electron chi connectivity index (χ0n) is 15.6. The van der Waals surface area contributed by atoms with Crippen molar-refractivity contribution >= 4 is 11.6 Å². The summed E-state index contributed by atoms with van der Waals surface area (Å²) in [6, 6.07) is 5.78. The first-order valence-corrected chi connectivity index (χ1v) is 9.09. The third-order valence-electron chi connectivity index (χ3n) is 4.59. The van der Waals surface area contributed by atoms with Crippen LogP contribution >= 0.6 is 0 Å². The zero-order valence-corrected chi connectivity index (χ0v) is 15.6. The summed E-state index contributed by atoms with van der Waals surface area (Å²) in [5, 5.41) is 3.06. The molecule has 0 bridgehead atoms. The molecule has 1 fully saturated rings. The van der Waals surface area contributed by atoms with Crippen LogP contribution in [0.15, 0.2) is 18.2 Å². The molecule has 1 saturated carbocycles. The van der Waals surface area contributed by atoms with Crippen LogP contribution in [0.1, 0.15) is 58.9 Å². The van der Waals surface area contributed by atoms with E-state index in [2.05, 4.69) is 12.2 Å². The molecular weight excluding hydrogens is 302 g/mol. The number of hydrogen-bond acceptors (Lipinski definition) is 3. The number of ether oxygens (including phenoxy) is 2. The molecule has 1 aliphatic rings. The van der Waals surface area contributed by atoms with Gasteiger partial charge in [-0.1, -0.05) is 13.3 Å². The summed E-state index contributed by atoms with van der Waals surface area (Å²) < 4.78 is 11.7. The largest absolute Gasteiger partial charge is 0.491 e. The van der Waals surface area contributed by atoms with Gasteiger partial charge in [0, 0.05) is 12.3 Å². The lowest BCUT2D eigenvalue weighted by Gasteiger charge is -2.38. The maximum absolute atomic E-state index is 12.9. The van der Waals surface area contributed by atoms with E-state index in [0.29, 0.717) is 12.5 Å². The molecule has 24 heavy (non-hydrogen) atoms. The lowest BCUT2D eigenvalue weighted by molar-refractivity contribution is -0.147. The lowest BCUT2D eigenvalue weighted by atomic mass is 9.78. The summed E-state index contributed by atoms with van der Waals surface area (Å²) in [5.74, 6) is 1.35. The average Bonchev–Trinajstić information content (AvgIpc) is 2.50. The third-order valence-corrected chi connectivity index (χ3v) is 4.59. The number of carbonyl (C=O) groups is 1. The summed E-state index contributed by atoms with van der Waals surface area (Å²) in [4.78, 5) is 12.9. The third kappa shape index (κ3) is 4.50. The summed E-state index contributed by atoms with van der Waals surface area (Å²) in [5.41, 5.74) is 1.13. The van der Waals surface area contributed by atoms with Crippen molar-refractivity contribution in [1.29, 1.82) is 0 Å². The van der Waals surface area contributed by atoms with E-state index in [1.165, 1.54) is 6.42 Å². The highest BCUT2D eigenvalue weighted by atomic mass is 16.5. The first kappa shape index (κ1) is 18.8. The second-order valence-electron chi connectivity index (χ2n) is 7.23. The van der Waals surface area contributed by atoms with Crippen molar-refractivity contribution in [2.75, 3.05) is 11.9 Å². The van der Waals surface area contributed by atoms with Crippen LogP contribution in [0.3, 0.4) is 0 Å². The van der Waals surface area contributed by atoms with Gasteiger partial charge in [-0.3, -0.25) is 4.79 Å². The molecule has 4 nitrogen and oxygen atoms in total. The van der Waals surface area contributed by atoms with Gasteiger partial charge in [-0.2, -0.15) is 0 Å². The van der Waals surface area contributed by atoms with E-state index in [4.69, 9.17) is 9.47 Å². The Morgan fingerprint density at radius 1 is 1.42 bits per heavy atom. The van der Waals surface area contributed by atoms with Gasteiger partial charge in [0.05, 0.1) is 6.10 Å². The van der Waals surface area contributed by atoms with E-state index in [1.54, 1.807) is 0 Å². The van der Waals surface area contributed by atoms with Gasteiger partial charge in [0.2, 0.25) is 0 Å². The Balaban J connectivity index is 2.13. The van der Waals surface area contributed by atoms with Crippen LogP contribution in [0, 0.1) is 12.8 Å². The summed E-state index contributed by atoms with van der Waals surface area (Å²) in [7, 11) is 0. The van der Waals surface area contributed by atoms with E-state index in [9.17, 15) is 4.79 Å². The molecule has 0 heterocycles. The van der Waals surface area contributed by atoms with Crippen LogP contribution in [-0.2, 0) is 9.53 Å². The number of carbonyl (C=O) groups excluding carboxylic acids is 1. The molecule has 0 spiro atoms. The van der Waals surface area contributed by atoms with Crippen molar-refractivity contribution in [2.45, 2.75) is 72.0 Å². The number of aryl methyl sites for hydroxylation is 1. The molecule has 0 aromatic heterocycles. The van der Waals surface area contributed by atoms with Crippen molar-refractivity contribution in [1.82, 2.24) is 0 Å². The SMILES string of the molecule is CCO[C@@]1(C(=O)Nc2ccc(OC(C)C)c(C)c2)CCC[C@H](C)C1. The van der Waals surface area contributed by atoms with Crippen molar-refractivity contribution in [2.24, 2.45) is 5.92 Å². The maximum Gasteiger partial charge on any atom is 0.256 e. The summed E-state index contributed by atoms with van der Waals surface area (Å²) >= 11 is 0. The molecule has 1 aromatic carbocycles. The average molecular weight is 333 g/mol. The van der Waals surface area contributed by atoms with Gasteiger partial charge < -0.3 is 14.8 Å². The molecule has 0 unspecified atom stereocenters. The highest BCUT2D eigenvalue weighted by Gasteiger charge is 2.42. The summed E-state index contributed by atoms with van der Waals surface area (Å²) in [6.45, 7) is 10.7. The molecule has 1 amide bonds. The number of amides is 1. The molecule has 1 aliphatic carbocycles. The van der Waals surface area contributed by atoms with Crippen LogP contribution < -0.4 is 10.1 Å². The topological polar surface area (TPSA) is 47.6 Å². The van der Waals surface area contributed by atoms with Gasteiger partial charge >= 0.3 is 0 Å². The number of benzene rings is 1. The van der Waals surface area contributed by atoms with Crippen LogP contribution in [-0.4, -0.2) is 24.2 Å². The Morgan fingerprint density at radius 3 is 2.75 bits per heavy atom. The quantitative estimate of drug-likeness (QED) is 0.820. The minimum absolute atomic E-state index is 0.0205. The van der Waals surface area contributed by atoms with E-state index in [0.717, 1.165) is 36.3 Å².